The van der Waals surface area contributed by atoms with Crippen LogP contribution in [0.25, 0.3) is 0 Å². The van der Waals surface area contributed by atoms with Crippen molar-refractivity contribution in [3.05, 3.63) is 60.2 Å². The smallest absolute Gasteiger partial charge is 0.347 e. The third kappa shape index (κ3) is 8.85. The molecule has 0 radical (unpaired) electrons. The van der Waals surface area contributed by atoms with E-state index >= 15 is 9.59 Å². The van der Waals surface area contributed by atoms with E-state index in [1.165, 1.54) is 24.5 Å². The third-order valence-corrected chi connectivity index (χ3v) is 17.1. The fraction of sp³-hybridized carbons (Fsp3) is 0.378. The van der Waals surface area contributed by atoms with Crippen LogP contribution in [0.4, 0.5) is 36.9 Å². The number of hydrazine groups is 1. The number of hydrogen-bond acceptors (Lipinski definition) is 21. The Balaban J connectivity index is 1.20. The van der Waals surface area contributed by atoms with Gasteiger partial charge in [0.2, 0.25) is 0 Å². The molecule has 25 nitrogen and oxygen atoms in total. The minimum absolute atomic E-state index is 0.0329. The fourth-order valence-electron chi connectivity index (χ4n) is 8.01. The number of aromatic amines is 2. The summed E-state index contributed by atoms with van der Waals surface area (Å²) in [4.78, 5) is 74.2. The monoisotopic (exact) mass is 978 g/mol. The highest BCUT2D eigenvalue weighted by Crippen LogP contribution is 2.39. The molecule has 3 aliphatic rings. The van der Waals surface area contributed by atoms with Crippen LogP contribution >= 0.6 is 22.7 Å². The molecule has 0 spiro atoms. The minimum Gasteiger partial charge on any atom is -0.378 e. The van der Waals surface area contributed by atoms with Crippen LogP contribution in [-0.2, 0) is 24.4 Å². The van der Waals surface area contributed by atoms with Crippen LogP contribution in [0.5, 0.6) is 0 Å². The van der Waals surface area contributed by atoms with Gasteiger partial charge in [-0.2, -0.15) is 10.0 Å². The highest BCUT2D eigenvalue weighted by Gasteiger charge is 2.39. The predicted molar refractivity (Wildman–Crippen MR) is 233 cm³/mol. The predicted octanol–water partition coefficient (Wildman–Crippen LogP) is 3.96. The molecule has 0 unspecified atom stereocenters. The lowest BCUT2D eigenvalue weighted by Crippen LogP contribution is -2.55. The summed E-state index contributed by atoms with van der Waals surface area (Å²) in [5.74, 6) is -1.50. The number of urea groups is 2. The van der Waals surface area contributed by atoms with Gasteiger partial charge in [0, 0.05) is 48.6 Å². The van der Waals surface area contributed by atoms with Gasteiger partial charge in [-0.1, -0.05) is 58.6 Å². The molecule has 1 saturated heterocycles. The number of carbonyl (C=O) groups excluding carboxylic acids is 4. The summed E-state index contributed by atoms with van der Waals surface area (Å²) < 4.78 is 58.1. The van der Waals surface area contributed by atoms with E-state index in [0.29, 0.717) is 80.3 Å². The first-order valence-corrected chi connectivity index (χ1v) is 25.1. The van der Waals surface area contributed by atoms with Crippen molar-refractivity contribution < 1.29 is 40.8 Å². The average molecular weight is 979 g/mol. The van der Waals surface area contributed by atoms with Gasteiger partial charge in [-0.05, 0) is 70.8 Å². The maximum Gasteiger partial charge on any atom is 0.347 e. The summed E-state index contributed by atoms with van der Waals surface area (Å²) >= 11 is 1.11. The van der Waals surface area contributed by atoms with E-state index in [9.17, 15) is 26.4 Å². The lowest BCUT2D eigenvalue weighted by molar-refractivity contribution is 0.0915. The molecule has 1 aromatic carbocycles. The molecule has 29 heteroatoms. The second kappa shape index (κ2) is 18.7. The van der Waals surface area contributed by atoms with Gasteiger partial charge in [-0.15, -0.1) is 0 Å². The Morgan fingerprint density at radius 3 is 1.68 bits per heavy atom. The maximum absolute atomic E-state index is 15.3. The highest BCUT2D eigenvalue weighted by molar-refractivity contribution is 7.93. The summed E-state index contributed by atoms with van der Waals surface area (Å²) in [6, 6.07) is 3.96. The summed E-state index contributed by atoms with van der Waals surface area (Å²) in [6.45, 7) is 1.89. The van der Waals surface area contributed by atoms with Gasteiger partial charge >= 0.3 is 12.1 Å². The fourth-order valence-corrected chi connectivity index (χ4v) is 12.3. The summed E-state index contributed by atoms with van der Waals surface area (Å²) in [7, 11) is -8.64. The van der Waals surface area contributed by atoms with E-state index in [0.717, 1.165) is 48.1 Å². The first-order valence-electron chi connectivity index (χ1n) is 20.5. The Morgan fingerprint density at radius 2 is 1.18 bits per heavy atom. The Bertz CT molecular complexity index is 2980. The number of carbonyl (C=O) groups is 4. The molecule has 2 saturated carbocycles. The van der Waals surface area contributed by atoms with Crippen molar-refractivity contribution in [2.75, 3.05) is 51.9 Å². The zero-order valence-electron chi connectivity index (χ0n) is 34.4. The first kappa shape index (κ1) is 44.5. The van der Waals surface area contributed by atoms with E-state index in [2.05, 4.69) is 66.8 Å². The molecule has 66 heavy (non-hydrogen) atoms. The van der Waals surface area contributed by atoms with E-state index in [4.69, 9.17) is 4.74 Å². The minimum atomic E-state index is -4.32. The topological polar surface area (TPSA) is 327 Å². The molecule has 1 aliphatic heterocycles. The number of morpholine rings is 1. The number of hydrogen-bond donors (Lipinski definition) is 4. The maximum atomic E-state index is 15.3. The van der Waals surface area contributed by atoms with Crippen LogP contribution in [0.2, 0.25) is 0 Å². The van der Waals surface area contributed by atoms with Crippen LogP contribution in [0.15, 0.2) is 67.8 Å². The standard InChI is InChI=1S/C37H38N16O9S4/c54-30(21-5-1-2-6-21)24-17-23(51-13-15-62-16-14-51)9-10-26(24)52(36(56)41-32-39-19-28(63-32)65(58,59)34-43-47-48-44-34)53(27-11-12-38-18-25(27)31(55)22-7-3-4-8-22)37(57)42-33-40-20-29(64-33)66(60,61)35-45-49-50-46-35/h9-12,17-22H,1-8,13-16H2,(H,39,41,56)(H,40,42,57)(H,43,44,47,48)(H,45,46,49,50). The number of aromatic nitrogens is 11. The zero-order valence-corrected chi connectivity index (χ0v) is 37.7. The second-order valence-corrected chi connectivity index (χ2v) is 21.5. The Labute approximate surface area is 382 Å². The molecule has 9 rings (SSSR count). The van der Waals surface area contributed by atoms with Gasteiger partial charge < -0.3 is 9.64 Å². The molecule has 4 amide bonds. The van der Waals surface area contributed by atoms with Crippen LogP contribution in [0, 0.1) is 11.8 Å². The Kier molecular flexibility index (Phi) is 12.6. The van der Waals surface area contributed by atoms with Gasteiger partial charge in [-0.3, -0.25) is 25.2 Å². The van der Waals surface area contributed by atoms with Crippen molar-refractivity contribution in [3.8, 4) is 0 Å². The van der Waals surface area contributed by atoms with Crippen molar-refractivity contribution in [2.24, 2.45) is 11.8 Å². The summed E-state index contributed by atoms with van der Waals surface area (Å²) in [6.07, 6.45) is 10.1. The molecular weight excluding hydrogens is 941 g/mol. The van der Waals surface area contributed by atoms with Crippen molar-refractivity contribution >= 4 is 93.3 Å². The molecule has 344 valence electrons. The number of benzene rings is 1. The lowest BCUT2D eigenvalue weighted by atomic mass is 9.94. The number of rotatable bonds is 13. The van der Waals surface area contributed by atoms with E-state index < -0.39 is 53.9 Å². The largest absolute Gasteiger partial charge is 0.378 e. The number of anilines is 5. The van der Waals surface area contributed by atoms with Crippen molar-refractivity contribution in [1.82, 2.24) is 56.2 Å². The quantitative estimate of drug-likeness (QED) is 0.0939. The van der Waals surface area contributed by atoms with Crippen molar-refractivity contribution in [3.63, 3.8) is 0 Å². The molecule has 6 heterocycles. The van der Waals surface area contributed by atoms with Gasteiger partial charge in [-0.25, -0.2) is 46.6 Å². The summed E-state index contributed by atoms with van der Waals surface area (Å²) in [5, 5.41) is 29.9. The summed E-state index contributed by atoms with van der Waals surface area (Å²) in [5.41, 5.74) is 0.457. The van der Waals surface area contributed by atoms with Crippen LogP contribution in [0.1, 0.15) is 72.1 Å². The number of thiazole rings is 2. The van der Waals surface area contributed by atoms with Crippen LogP contribution < -0.4 is 25.6 Å². The SMILES string of the molecule is O=C(c1cnccc1N(C(=O)Nc1ncc(S(=O)(=O)c2nnn[nH]2)s1)N(C(=O)Nc1ncc(S(=O)(=O)c2nnn[nH]2)s1)c1ccc(N2CCOCC2)cc1C(=O)C1CCCC1)C1CCCC1. The van der Waals surface area contributed by atoms with Gasteiger partial charge in [0.1, 0.15) is 8.42 Å². The molecule has 5 aromatic heterocycles. The number of ketones is 2. The number of tetrazole rings is 2. The van der Waals surface area contributed by atoms with Crippen LogP contribution in [-0.4, -0.2) is 123 Å². The molecule has 4 N–H and O–H groups in total. The number of pyridine rings is 1. The molecule has 6 aromatic rings. The zero-order chi connectivity index (χ0) is 46.0. The number of sulfone groups is 2. The Morgan fingerprint density at radius 1 is 0.682 bits per heavy atom. The first-order chi connectivity index (χ1) is 31.9. The highest BCUT2D eigenvalue weighted by atomic mass is 32.2. The number of Topliss-reactive ketones (excluding diaryl/α,β-unsaturated/α-hetero) is 2. The molecular formula is C37H38N16O9S4. The lowest BCUT2D eigenvalue weighted by Gasteiger charge is -2.37. The number of amides is 4. The second-order valence-electron chi connectivity index (χ2n) is 15.3. The molecule has 0 atom stereocenters. The number of nitrogens with one attached hydrogen (secondary N) is 4. The average Bonchev–Trinajstić information content (AvgIpc) is 4.17. The molecule has 2 aliphatic carbocycles. The number of ether oxygens (including phenoxy) is 1. The Hall–Kier alpha value is -6.69. The third-order valence-electron chi connectivity index (χ3n) is 11.3. The van der Waals surface area contributed by atoms with E-state index in [1.807, 2.05) is 4.90 Å². The van der Waals surface area contributed by atoms with Gasteiger partial charge in [0.25, 0.3) is 30.0 Å². The molecule has 0 bridgehead atoms. The van der Waals surface area contributed by atoms with Gasteiger partial charge in [0.15, 0.2) is 21.8 Å². The van der Waals surface area contributed by atoms with Crippen molar-refractivity contribution in [1.29, 1.82) is 0 Å². The normalized spacial score (nSPS) is 16.0. The van der Waals surface area contributed by atoms with E-state index in [-0.39, 0.29) is 52.7 Å². The number of nitrogens with zero attached hydrogens (tertiary/aromatic N) is 12. The molecule has 3 fully saturated rings. The number of H-pyrrole nitrogens is 2. The van der Waals surface area contributed by atoms with Crippen LogP contribution in [0.3, 0.4) is 0 Å². The van der Waals surface area contributed by atoms with Gasteiger partial charge in [0.05, 0.1) is 42.5 Å². The van der Waals surface area contributed by atoms with Crippen molar-refractivity contribution in [2.45, 2.75) is 70.1 Å². The van der Waals surface area contributed by atoms with E-state index in [1.54, 1.807) is 12.1 Å².